The first kappa shape index (κ1) is 11.0. The lowest BCUT2D eigenvalue weighted by Gasteiger charge is -2.06. The average molecular weight is 234 g/mol. The molecule has 17 heavy (non-hydrogen) atoms. The smallest absolute Gasteiger partial charge is 0.271 e. The third kappa shape index (κ3) is 2.54. The zero-order valence-corrected chi connectivity index (χ0v) is 9.04. The molecule has 1 aromatic heterocycles. The highest BCUT2D eigenvalue weighted by atomic mass is 16.6. The summed E-state index contributed by atoms with van der Waals surface area (Å²) in [4.78, 5) is 10.2. The molecule has 2 N–H and O–H groups in total. The molecule has 2 aromatic rings. The predicted molar refractivity (Wildman–Crippen MR) is 59.3 cm³/mol. The second-order valence-corrected chi connectivity index (χ2v) is 3.44. The van der Waals surface area contributed by atoms with Crippen LogP contribution in [0.2, 0.25) is 0 Å². The van der Waals surface area contributed by atoms with E-state index in [0.717, 1.165) is 5.56 Å². The van der Waals surface area contributed by atoms with Crippen LogP contribution in [0, 0.1) is 17.0 Å². The van der Waals surface area contributed by atoms with E-state index in [1.165, 1.54) is 12.1 Å². The van der Waals surface area contributed by atoms with Gasteiger partial charge in [0.15, 0.2) is 5.82 Å². The first-order valence-corrected chi connectivity index (χ1v) is 4.88. The summed E-state index contributed by atoms with van der Waals surface area (Å²) in [5.41, 5.74) is 1.65. The molecule has 1 heterocycles. The number of hydrogen-bond donors (Lipinski definition) is 2. The van der Waals surface area contributed by atoms with Crippen LogP contribution < -0.4 is 5.32 Å². The Balaban J connectivity index is 2.14. The van der Waals surface area contributed by atoms with E-state index in [1.54, 1.807) is 6.07 Å². The van der Waals surface area contributed by atoms with E-state index in [4.69, 9.17) is 0 Å². The quantitative estimate of drug-likeness (QED) is 0.603. The standard InChI is InChI=1S/C9H10N6O2/c1-6-2-3-7(15(16)17)4-8(6)10-5-9-11-13-14-12-9/h2-4,10H,5H2,1H3,(H,11,12,13,14). The summed E-state index contributed by atoms with van der Waals surface area (Å²) in [6.45, 7) is 2.22. The van der Waals surface area contributed by atoms with Gasteiger partial charge in [-0.2, -0.15) is 5.21 Å². The van der Waals surface area contributed by atoms with Crippen LogP contribution in [0.15, 0.2) is 18.2 Å². The number of tetrazole rings is 1. The zero-order valence-electron chi connectivity index (χ0n) is 9.04. The van der Waals surface area contributed by atoms with Gasteiger partial charge in [-0.15, -0.1) is 10.2 Å². The maximum absolute atomic E-state index is 10.6. The summed E-state index contributed by atoms with van der Waals surface area (Å²) >= 11 is 0. The van der Waals surface area contributed by atoms with Crippen molar-refractivity contribution >= 4 is 11.4 Å². The Kier molecular flexibility index (Phi) is 2.95. The highest BCUT2D eigenvalue weighted by Crippen LogP contribution is 2.21. The van der Waals surface area contributed by atoms with Gasteiger partial charge in [-0.05, 0) is 12.5 Å². The van der Waals surface area contributed by atoms with Gasteiger partial charge in [-0.1, -0.05) is 11.3 Å². The van der Waals surface area contributed by atoms with E-state index >= 15 is 0 Å². The molecule has 8 heteroatoms. The molecule has 0 unspecified atom stereocenters. The molecule has 0 aliphatic rings. The highest BCUT2D eigenvalue weighted by Gasteiger charge is 2.08. The van der Waals surface area contributed by atoms with E-state index in [1.807, 2.05) is 6.92 Å². The van der Waals surface area contributed by atoms with E-state index in [-0.39, 0.29) is 5.69 Å². The van der Waals surface area contributed by atoms with Crippen molar-refractivity contribution in [2.24, 2.45) is 0 Å². The number of nitrogens with zero attached hydrogens (tertiary/aromatic N) is 4. The number of nitro groups is 1. The van der Waals surface area contributed by atoms with Gasteiger partial charge in [-0.25, -0.2) is 0 Å². The Bertz CT molecular complexity index is 524. The van der Waals surface area contributed by atoms with Crippen LogP contribution in [0.4, 0.5) is 11.4 Å². The van der Waals surface area contributed by atoms with Gasteiger partial charge < -0.3 is 5.32 Å². The first-order chi connectivity index (χ1) is 8.16. The van der Waals surface area contributed by atoms with Crippen molar-refractivity contribution in [2.75, 3.05) is 5.32 Å². The number of rotatable bonds is 4. The molecule has 0 spiro atoms. The van der Waals surface area contributed by atoms with Crippen LogP contribution in [0.5, 0.6) is 0 Å². The third-order valence-electron chi connectivity index (χ3n) is 2.26. The molecule has 0 bridgehead atoms. The molecule has 88 valence electrons. The molecule has 0 radical (unpaired) electrons. The summed E-state index contributed by atoms with van der Waals surface area (Å²) in [5, 5.41) is 27.0. The molecule has 1 aromatic carbocycles. The number of aromatic nitrogens is 4. The van der Waals surface area contributed by atoms with Crippen molar-refractivity contribution in [2.45, 2.75) is 13.5 Å². The lowest BCUT2D eigenvalue weighted by atomic mass is 10.2. The Morgan fingerprint density at radius 1 is 1.53 bits per heavy atom. The normalized spacial score (nSPS) is 10.2. The minimum Gasteiger partial charge on any atom is -0.377 e. The Hall–Kier alpha value is -2.51. The molecule has 0 fully saturated rings. The third-order valence-corrected chi connectivity index (χ3v) is 2.26. The molecule has 0 aliphatic carbocycles. The lowest BCUT2D eigenvalue weighted by molar-refractivity contribution is -0.384. The number of hydrogen-bond acceptors (Lipinski definition) is 6. The maximum Gasteiger partial charge on any atom is 0.271 e. The van der Waals surface area contributed by atoms with Crippen LogP contribution in [0.3, 0.4) is 0 Å². The van der Waals surface area contributed by atoms with Crippen LogP contribution >= 0.6 is 0 Å². The van der Waals surface area contributed by atoms with Gasteiger partial charge in [0.05, 0.1) is 11.5 Å². The molecule has 2 rings (SSSR count). The zero-order chi connectivity index (χ0) is 12.3. The summed E-state index contributed by atoms with van der Waals surface area (Å²) in [6, 6.07) is 4.64. The summed E-state index contributed by atoms with van der Waals surface area (Å²) < 4.78 is 0. The second-order valence-electron chi connectivity index (χ2n) is 3.44. The fourth-order valence-corrected chi connectivity index (χ4v) is 1.35. The summed E-state index contributed by atoms with van der Waals surface area (Å²) in [5.74, 6) is 0.496. The second kappa shape index (κ2) is 4.56. The largest absolute Gasteiger partial charge is 0.377 e. The number of H-pyrrole nitrogens is 1. The molecule has 0 atom stereocenters. The van der Waals surface area contributed by atoms with Gasteiger partial charge in [0.25, 0.3) is 5.69 Å². The van der Waals surface area contributed by atoms with Crippen LogP contribution in [0.1, 0.15) is 11.4 Å². The number of nitrogens with one attached hydrogen (secondary N) is 2. The van der Waals surface area contributed by atoms with Crippen LogP contribution in [0.25, 0.3) is 0 Å². The van der Waals surface area contributed by atoms with Crippen molar-refractivity contribution < 1.29 is 4.92 Å². The predicted octanol–water partition coefficient (Wildman–Crippen LogP) is 1.03. The SMILES string of the molecule is Cc1ccc([N+](=O)[O-])cc1NCc1nn[nH]n1. The lowest BCUT2D eigenvalue weighted by Crippen LogP contribution is -2.03. The Morgan fingerprint density at radius 3 is 3.00 bits per heavy atom. The fourth-order valence-electron chi connectivity index (χ4n) is 1.35. The van der Waals surface area contributed by atoms with Gasteiger partial charge >= 0.3 is 0 Å². The van der Waals surface area contributed by atoms with Crippen molar-refractivity contribution in [3.05, 3.63) is 39.7 Å². The number of anilines is 1. The van der Waals surface area contributed by atoms with Crippen molar-refractivity contribution in [3.8, 4) is 0 Å². The highest BCUT2D eigenvalue weighted by molar-refractivity contribution is 5.56. The van der Waals surface area contributed by atoms with Crippen LogP contribution in [-0.2, 0) is 6.54 Å². The molecule has 8 nitrogen and oxygen atoms in total. The fraction of sp³-hybridized carbons (Fsp3) is 0.222. The number of benzene rings is 1. The molecule has 0 saturated carbocycles. The summed E-state index contributed by atoms with van der Waals surface area (Å²) in [7, 11) is 0. The van der Waals surface area contributed by atoms with Gasteiger partial charge in [0, 0.05) is 17.8 Å². The van der Waals surface area contributed by atoms with Crippen molar-refractivity contribution in [3.63, 3.8) is 0 Å². The molecular formula is C9H10N6O2. The number of nitro benzene ring substituents is 1. The van der Waals surface area contributed by atoms with E-state index in [9.17, 15) is 10.1 Å². The Labute approximate surface area is 96.2 Å². The minimum absolute atomic E-state index is 0.0474. The molecule has 0 saturated heterocycles. The van der Waals surface area contributed by atoms with Crippen LogP contribution in [-0.4, -0.2) is 25.5 Å². The molecular weight excluding hydrogens is 224 g/mol. The van der Waals surface area contributed by atoms with E-state index in [2.05, 4.69) is 25.9 Å². The average Bonchev–Trinajstić information content (AvgIpc) is 2.80. The summed E-state index contributed by atoms with van der Waals surface area (Å²) in [6.07, 6.45) is 0. The van der Waals surface area contributed by atoms with E-state index in [0.29, 0.717) is 18.1 Å². The minimum atomic E-state index is -0.432. The van der Waals surface area contributed by atoms with Crippen molar-refractivity contribution in [1.29, 1.82) is 0 Å². The Morgan fingerprint density at radius 2 is 2.35 bits per heavy atom. The van der Waals surface area contributed by atoms with Gasteiger partial charge in [0.1, 0.15) is 0 Å². The number of non-ortho nitro benzene ring substituents is 1. The van der Waals surface area contributed by atoms with E-state index < -0.39 is 4.92 Å². The maximum atomic E-state index is 10.6. The number of aryl methyl sites for hydroxylation is 1. The molecule has 0 amide bonds. The number of aromatic amines is 1. The van der Waals surface area contributed by atoms with Gasteiger partial charge in [0.2, 0.25) is 0 Å². The topological polar surface area (TPSA) is 110 Å². The first-order valence-electron chi connectivity index (χ1n) is 4.88. The monoisotopic (exact) mass is 234 g/mol. The molecule has 0 aliphatic heterocycles. The van der Waals surface area contributed by atoms with Gasteiger partial charge in [-0.3, -0.25) is 10.1 Å². The van der Waals surface area contributed by atoms with Crippen molar-refractivity contribution in [1.82, 2.24) is 20.6 Å².